The summed E-state index contributed by atoms with van der Waals surface area (Å²) in [7, 11) is 0. The van der Waals surface area contributed by atoms with Crippen LogP contribution in [0.1, 0.15) is 43.7 Å². The van der Waals surface area contributed by atoms with Gasteiger partial charge in [-0.05, 0) is 50.9 Å². The number of hydrogen-bond donors (Lipinski definition) is 2. The summed E-state index contributed by atoms with van der Waals surface area (Å²) in [6, 6.07) is 7.53. The number of hydrogen-bond acceptors (Lipinski definition) is 4. The predicted octanol–water partition coefficient (Wildman–Crippen LogP) is 2.58. The van der Waals surface area contributed by atoms with Crippen molar-refractivity contribution in [3.63, 3.8) is 0 Å². The van der Waals surface area contributed by atoms with Crippen LogP contribution in [0.4, 0.5) is 5.69 Å². The molecule has 4 heterocycles. The number of aromatic amines is 1. The van der Waals surface area contributed by atoms with E-state index in [1.165, 1.54) is 0 Å². The predicted molar refractivity (Wildman–Crippen MR) is 112 cm³/mol. The number of nitrogens with one attached hydrogen (secondary N) is 2. The Balaban J connectivity index is 0.00000192. The van der Waals surface area contributed by atoms with Gasteiger partial charge in [0.2, 0.25) is 5.91 Å². The molecule has 0 aliphatic carbocycles. The van der Waals surface area contributed by atoms with Crippen molar-refractivity contribution < 1.29 is 4.79 Å². The molecule has 2 N–H and O–H groups in total. The van der Waals surface area contributed by atoms with Gasteiger partial charge in [0.05, 0.1) is 22.3 Å². The van der Waals surface area contributed by atoms with E-state index in [1.807, 2.05) is 27.6 Å². The molecule has 2 aliphatic rings. The molecule has 2 aliphatic heterocycles. The Morgan fingerprint density at radius 1 is 1.11 bits per heavy atom. The third kappa shape index (κ3) is 3.08. The number of aromatic nitrogens is 3. The normalized spacial score (nSPS) is 18.6. The summed E-state index contributed by atoms with van der Waals surface area (Å²) in [4.78, 5) is 29.8. The average Bonchev–Trinajstić information content (AvgIpc) is 3.07. The second-order valence-corrected chi connectivity index (χ2v) is 7.52. The van der Waals surface area contributed by atoms with Gasteiger partial charge < -0.3 is 15.2 Å². The summed E-state index contributed by atoms with van der Waals surface area (Å²) >= 11 is 0. The number of halogens is 1. The van der Waals surface area contributed by atoms with E-state index in [-0.39, 0.29) is 23.9 Å². The van der Waals surface area contributed by atoms with Gasteiger partial charge in [0.25, 0.3) is 5.56 Å². The number of carbonyl (C=O) groups excluding carboxylic acids is 1. The molecule has 0 spiro atoms. The van der Waals surface area contributed by atoms with Crippen LogP contribution in [-0.4, -0.2) is 40.1 Å². The van der Waals surface area contributed by atoms with Gasteiger partial charge in [-0.2, -0.15) is 5.10 Å². The number of rotatable bonds is 2. The monoisotopic (exact) mass is 401 g/mol. The number of fused-ring (bicyclic) bond motifs is 3. The maximum absolute atomic E-state index is 12.5. The van der Waals surface area contributed by atoms with Crippen LogP contribution in [-0.2, 0) is 4.79 Å². The van der Waals surface area contributed by atoms with E-state index < -0.39 is 0 Å². The summed E-state index contributed by atoms with van der Waals surface area (Å²) in [6.45, 7) is 2.62. The Labute approximate surface area is 168 Å². The van der Waals surface area contributed by atoms with Gasteiger partial charge >= 0.3 is 0 Å². The minimum Gasteiger partial charge on any atom is -0.317 e. The van der Waals surface area contributed by atoms with E-state index >= 15 is 0 Å². The molecule has 3 aromatic rings. The highest BCUT2D eigenvalue weighted by atomic mass is 35.5. The number of benzene rings is 1. The van der Waals surface area contributed by atoms with Gasteiger partial charge in [-0.25, -0.2) is 4.52 Å². The van der Waals surface area contributed by atoms with E-state index in [0.717, 1.165) is 61.1 Å². The van der Waals surface area contributed by atoms with Crippen LogP contribution in [0.2, 0.25) is 0 Å². The molecule has 2 aromatic heterocycles. The van der Waals surface area contributed by atoms with Gasteiger partial charge in [-0.15, -0.1) is 12.4 Å². The zero-order valence-electron chi connectivity index (χ0n) is 15.6. The quantitative estimate of drug-likeness (QED) is 0.691. The lowest BCUT2D eigenvalue weighted by atomic mass is 9.94. The van der Waals surface area contributed by atoms with Gasteiger partial charge in [0.1, 0.15) is 5.65 Å². The lowest BCUT2D eigenvalue weighted by molar-refractivity contribution is -0.119. The number of nitrogens with zero attached hydrogens (tertiary/aromatic N) is 3. The maximum Gasteiger partial charge on any atom is 0.251 e. The molecule has 2 saturated heterocycles. The molecule has 0 bridgehead atoms. The van der Waals surface area contributed by atoms with Crippen molar-refractivity contribution in [1.82, 2.24) is 19.9 Å². The molecule has 1 aromatic carbocycles. The van der Waals surface area contributed by atoms with Gasteiger partial charge in [-0.1, -0.05) is 6.07 Å². The minimum atomic E-state index is -0.113. The highest BCUT2D eigenvalue weighted by Gasteiger charge is 2.25. The van der Waals surface area contributed by atoms with Crippen LogP contribution in [0, 0.1) is 0 Å². The van der Waals surface area contributed by atoms with Crippen molar-refractivity contribution in [1.29, 1.82) is 0 Å². The molecule has 8 heteroatoms. The molecule has 0 atom stereocenters. The topological polar surface area (TPSA) is 82.5 Å². The Morgan fingerprint density at radius 2 is 1.93 bits per heavy atom. The highest BCUT2D eigenvalue weighted by molar-refractivity contribution is 6.08. The van der Waals surface area contributed by atoms with Crippen molar-refractivity contribution in [2.75, 3.05) is 24.5 Å². The van der Waals surface area contributed by atoms with Crippen molar-refractivity contribution in [2.24, 2.45) is 0 Å². The van der Waals surface area contributed by atoms with Gasteiger partial charge in [0.15, 0.2) is 0 Å². The van der Waals surface area contributed by atoms with E-state index in [4.69, 9.17) is 5.10 Å². The average molecular weight is 402 g/mol. The molecule has 0 saturated carbocycles. The molecule has 148 valence electrons. The smallest absolute Gasteiger partial charge is 0.251 e. The van der Waals surface area contributed by atoms with Crippen molar-refractivity contribution in [2.45, 2.75) is 38.0 Å². The zero-order chi connectivity index (χ0) is 18.4. The number of piperidine rings is 2. The molecule has 5 rings (SSSR count). The summed E-state index contributed by atoms with van der Waals surface area (Å²) in [5.74, 6) is 0.454. The number of anilines is 1. The molecule has 28 heavy (non-hydrogen) atoms. The number of H-pyrrole nitrogens is 1. The lowest BCUT2D eigenvalue weighted by Crippen LogP contribution is -2.35. The second kappa shape index (κ2) is 7.56. The van der Waals surface area contributed by atoms with E-state index in [1.54, 1.807) is 6.07 Å². The third-order valence-corrected chi connectivity index (χ3v) is 5.81. The van der Waals surface area contributed by atoms with E-state index in [9.17, 15) is 9.59 Å². The highest BCUT2D eigenvalue weighted by Crippen LogP contribution is 2.33. The fourth-order valence-corrected chi connectivity index (χ4v) is 4.46. The van der Waals surface area contributed by atoms with Crippen LogP contribution < -0.4 is 15.8 Å². The molecule has 1 amide bonds. The molecule has 2 fully saturated rings. The van der Waals surface area contributed by atoms with Crippen molar-refractivity contribution >= 4 is 40.6 Å². The molecule has 0 unspecified atom stereocenters. The maximum atomic E-state index is 12.5. The van der Waals surface area contributed by atoms with Gasteiger partial charge in [0, 0.05) is 24.9 Å². The first-order valence-electron chi connectivity index (χ1n) is 9.78. The van der Waals surface area contributed by atoms with Crippen molar-refractivity contribution in [3.05, 3.63) is 40.3 Å². The van der Waals surface area contributed by atoms with Crippen LogP contribution in [0.25, 0.3) is 16.6 Å². The number of amides is 1. The first-order valence-corrected chi connectivity index (χ1v) is 9.78. The lowest BCUT2D eigenvalue weighted by Gasteiger charge is -2.27. The minimum absolute atomic E-state index is 0. The van der Waals surface area contributed by atoms with Crippen LogP contribution >= 0.6 is 12.4 Å². The fourth-order valence-electron chi connectivity index (χ4n) is 4.46. The fraction of sp³-hybridized carbons (Fsp3) is 0.450. The standard InChI is InChI=1S/C20H23N5O2.ClH/c26-17-12-16(13-7-9-21-10-8-13)25-20(22-17)19-14(23-25)4-3-5-15(19)24-11-2-1-6-18(24)27;/h3-5,12-13,21H,1-2,6-11H2,(H,22,26);1H. The third-order valence-electron chi connectivity index (χ3n) is 5.81. The molecular weight excluding hydrogens is 378 g/mol. The largest absolute Gasteiger partial charge is 0.317 e. The Morgan fingerprint density at radius 3 is 2.71 bits per heavy atom. The molecular formula is C20H24ClN5O2. The van der Waals surface area contributed by atoms with Crippen molar-refractivity contribution in [3.8, 4) is 0 Å². The summed E-state index contributed by atoms with van der Waals surface area (Å²) in [5.41, 5.74) is 3.20. The Hall–Kier alpha value is -2.38. The summed E-state index contributed by atoms with van der Waals surface area (Å²) in [6.07, 6.45) is 4.50. The summed E-state index contributed by atoms with van der Waals surface area (Å²) < 4.78 is 1.89. The summed E-state index contributed by atoms with van der Waals surface area (Å²) in [5, 5.41) is 9.03. The Bertz CT molecular complexity index is 1080. The Kier molecular flexibility index (Phi) is 5.12. The van der Waals surface area contributed by atoms with E-state index in [0.29, 0.717) is 24.5 Å². The van der Waals surface area contributed by atoms with Crippen LogP contribution in [0.5, 0.6) is 0 Å². The first-order chi connectivity index (χ1) is 13.2. The van der Waals surface area contributed by atoms with Crippen LogP contribution in [0.15, 0.2) is 29.1 Å². The second-order valence-electron chi connectivity index (χ2n) is 7.52. The SMILES string of the molecule is Cl.O=C1CCCCN1c1cccc2nn3c(C4CCNCC4)cc(=O)[nH]c3c12. The number of carbonyl (C=O) groups is 1. The molecule has 7 nitrogen and oxygen atoms in total. The van der Waals surface area contributed by atoms with E-state index in [2.05, 4.69) is 10.3 Å². The van der Waals surface area contributed by atoms with Crippen LogP contribution in [0.3, 0.4) is 0 Å². The molecule has 0 radical (unpaired) electrons. The van der Waals surface area contributed by atoms with Gasteiger partial charge in [-0.3, -0.25) is 9.59 Å². The zero-order valence-corrected chi connectivity index (χ0v) is 16.4. The first kappa shape index (κ1) is 19.0.